The summed E-state index contributed by atoms with van der Waals surface area (Å²) in [5.74, 6) is -1.69. The summed E-state index contributed by atoms with van der Waals surface area (Å²) in [7, 11) is 0. The standard InChI is InChI=1S/C14H20N2O5/c17-8-7-11(14(20)21)16(15-13(19)10-4-5-10)12(18)6-3-9-1-2-9/h8-11H,1-7H2,(H,15,19)(H,20,21). The number of hydrazine groups is 1. The lowest BCUT2D eigenvalue weighted by molar-refractivity contribution is -0.157. The van der Waals surface area contributed by atoms with E-state index in [1.54, 1.807) is 0 Å². The number of hydrogen-bond acceptors (Lipinski definition) is 4. The molecule has 0 aromatic carbocycles. The van der Waals surface area contributed by atoms with E-state index in [1.807, 2.05) is 0 Å². The van der Waals surface area contributed by atoms with Crippen molar-refractivity contribution >= 4 is 24.1 Å². The first-order valence-corrected chi connectivity index (χ1v) is 7.32. The molecular weight excluding hydrogens is 276 g/mol. The van der Waals surface area contributed by atoms with Crippen molar-refractivity contribution in [3.8, 4) is 0 Å². The summed E-state index contributed by atoms with van der Waals surface area (Å²) >= 11 is 0. The third-order valence-electron chi connectivity index (χ3n) is 3.83. The van der Waals surface area contributed by atoms with Crippen molar-refractivity contribution in [3.63, 3.8) is 0 Å². The summed E-state index contributed by atoms with van der Waals surface area (Å²) in [6, 6.07) is -1.34. The normalized spacial score (nSPS) is 18.7. The third kappa shape index (κ3) is 4.54. The average Bonchev–Trinajstić information content (AvgIpc) is 3.30. The fraction of sp³-hybridized carbons (Fsp3) is 0.714. The molecule has 0 aromatic rings. The quantitative estimate of drug-likeness (QED) is 0.501. The maximum absolute atomic E-state index is 12.2. The second-order valence-electron chi connectivity index (χ2n) is 5.75. The molecule has 1 unspecified atom stereocenters. The molecule has 0 heterocycles. The molecule has 7 heteroatoms. The van der Waals surface area contributed by atoms with Gasteiger partial charge in [0.1, 0.15) is 6.29 Å². The van der Waals surface area contributed by atoms with Crippen LogP contribution in [0.2, 0.25) is 0 Å². The number of aliphatic carboxylic acids is 1. The van der Waals surface area contributed by atoms with Gasteiger partial charge < -0.3 is 9.90 Å². The van der Waals surface area contributed by atoms with Crippen LogP contribution >= 0.6 is 0 Å². The predicted molar refractivity (Wildman–Crippen MR) is 71.8 cm³/mol. The average molecular weight is 296 g/mol. The first-order valence-electron chi connectivity index (χ1n) is 7.32. The van der Waals surface area contributed by atoms with Crippen molar-refractivity contribution in [2.75, 3.05) is 0 Å². The fourth-order valence-corrected chi connectivity index (χ4v) is 2.13. The van der Waals surface area contributed by atoms with E-state index in [0.29, 0.717) is 18.6 Å². The molecule has 0 aliphatic heterocycles. The van der Waals surface area contributed by atoms with Crippen molar-refractivity contribution in [2.24, 2.45) is 11.8 Å². The molecule has 2 amide bonds. The third-order valence-corrected chi connectivity index (χ3v) is 3.83. The van der Waals surface area contributed by atoms with Gasteiger partial charge in [-0.25, -0.2) is 9.80 Å². The van der Waals surface area contributed by atoms with Gasteiger partial charge in [0, 0.05) is 18.8 Å². The van der Waals surface area contributed by atoms with Gasteiger partial charge >= 0.3 is 5.97 Å². The summed E-state index contributed by atoms with van der Waals surface area (Å²) in [5, 5.41) is 10.0. The molecule has 116 valence electrons. The summed E-state index contributed by atoms with van der Waals surface area (Å²) in [5.41, 5.74) is 2.39. The van der Waals surface area contributed by atoms with Gasteiger partial charge in [0.25, 0.3) is 0 Å². The van der Waals surface area contributed by atoms with Gasteiger partial charge in [0.15, 0.2) is 6.04 Å². The first-order chi connectivity index (χ1) is 10.0. The van der Waals surface area contributed by atoms with Gasteiger partial charge in [-0.3, -0.25) is 15.0 Å². The smallest absolute Gasteiger partial charge is 0.329 e. The number of hydrogen-bond donors (Lipinski definition) is 2. The van der Waals surface area contributed by atoms with Crippen molar-refractivity contribution in [2.45, 2.75) is 51.0 Å². The summed E-state index contributed by atoms with van der Waals surface area (Å²) in [6.07, 6.45) is 4.69. The Balaban J connectivity index is 2.01. The molecule has 7 nitrogen and oxygen atoms in total. The number of rotatable bonds is 8. The van der Waals surface area contributed by atoms with Gasteiger partial charge in [0.2, 0.25) is 11.8 Å². The number of carboxylic acid groups (broad SMARTS) is 1. The van der Waals surface area contributed by atoms with Crippen LogP contribution in [0.4, 0.5) is 0 Å². The zero-order valence-electron chi connectivity index (χ0n) is 11.8. The number of amides is 2. The van der Waals surface area contributed by atoms with Crippen LogP contribution in [0.5, 0.6) is 0 Å². The lowest BCUT2D eigenvalue weighted by Crippen LogP contribution is -2.55. The van der Waals surface area contributed by atoms with Crippen LogP contribution in [0.3, 0.4) is 0 Å². The van der Waals surface area contributed by atoms with Gasteiger partial charge in [-0.1, -0.05) is 12.8 Å². The SMILES string of the molecule is O=CCC(C(=O)O)N(NC(=O)C1CC1)C(=O)CCC1CC1. The topological polar surface area (TPSA) is 104 Å². The summed E-state index contributed by atoms with van der Waals surface area (Å²) in [4.78, 5) is 45.9. The number of nitrogens with zero attached hydrogens (tertiary/aromatic N) is 1. The Morgan fingerprint density at radius 2 is 1.90 bits per heavy atom. The van der Waals surface area contributed by atoms with Crippen LogP contribution in [-0.4, -0.2) is 40.2 Å². The monoisotopic (exact) mass is 296 g/mol. The molecule has 1 atom stereocenters. The fourth-order valence-electron chi connectivity index (χ4n) is 2.13. The van der Waals surface area contributed by atoms with Crippen molar-refractivity contribution in [1.82, 2.24) is 10.4 Å². The minimum atomic E-state index is -1.34. The van der Waals surface area contributed by atoms with Gasteiger partial charge in [-0.2, -0.15) is 0 Å². The maximum atomic E-state index is 12.2. The Labute approximate surface area is 122 Å². The highest BCUT2D eigenvalue weighted by atomic mass is 16.4. The minimum absolute atomic E-state index is 0.144. The molecule has 2 aliphatic carbocycles. The molecule has 21 heavy (non-hydrogen) atoms. The Bertz CT molecular complexity index is 443. The number of carbonyl (C=O) groups is 4. The van der Waals surface area contributed by atoms with E-state index >= 15 is 0 Å². The van der Waals surface area contributed by atoms with Crippen LogP contribution in [0.15, 0.2) is 0 Å². The highest BCUT2D eigenvalue weighted by Crippen LogP contribution is 2.33. The van der Waals surface area contributed by atoms with Crippen molar-refractivity contribution in [3.05, 3.63) is 0 Å². The van der Waals surface area contributed by atoms with Gasteiger partial charge in [-0.15, -0.1) is 0 Å². The van der Waals surface area contributed by atoms with Crippen LogP contribution in [0.1, 0.15) is 44.9 Å². The highest BCUT2D eigenvalue weighted by molar-refractivity contribution is 5.89. The van der Waals surface area contributed by atoms with Crippen LogP contribution in [0, 0.1) is 11.8 Å². The van der Waals surface area contributed by atoms with Gasteiger partial charge in [-0.05, 0) is 25.2 Å². The van der Waals surface area contributed by atoms with E-state index in [4.69, 9.17) is 0 Å². The molecule has 2 fully saturated rings. The lowest BCUT2D eigenvalue weighted by atomic mass is 10.1. The molecule has 0 bridgehead atoms. The highest BCUT2D eigenvalue weighted by Gasteiger charge is 2.36. The summed E-state index contributed by atoms with van der Waals surface area (Å²) < 4.78 is 0. The zero-order valence-corrected chi connectivity index (χ0v) is 11.8. The largest absolute Gasteiger partial charge is 0.480 e. The van der Waals surface area contributed by atoms with Crippen molar-refractivity contribution in [1.29, 1.82) is 0 Å². The number of carboxylic acids is 1. The van der Waals surface area contributed by atoms with E-state index in [-0.39, 0.29) is 24.7 Å². The molecule has 0 spiro atoms. The summed E-state index contributed by atoms with van der Waals surface area (Å²) in [6.45, 7) is 0. The number of aldehydes is 1. The Kier molecular flexibility index (Phi) is 4.93. The lowest BCUT2D eigenvalue weighted by Gasteiger charge is -2.28. The van der Waals surface area contributed by atoms with Crippen molar-refractivity contribution < 1.29 is 24.3 Å². The molecule has 0 aromatic heterocycles. The van der Waals surface area contributed by atoms with Crippen LogP contribution in [-0.2, 0) is 19.2 Å². The van der Waals surface area contributed by atoms with E-state index < -0.39 is 17.9 Å². The Morgan fingerprint density at radius 1 is 1.24 bits per heavy atom. The molecule has 0 saturated heterocycles. The second-order valence-corrected chi connectivity index (χ2v) is 5.75. The van der Waals surface area contributed by atoms with E-state index in [9.17, 15) is 24.3 Å². The number of carbonyl (C=O) groups excluding carboxylic acids is 3. The Morgan fingerprint density at radius 3 is 2.38 bits per heavy atom. The molecule has 0 radical (unpaired) electrons. The molecule has 2 rings (SSSR count). The first kappa shape index (κ1) is 15.5. The minimum Gasteiger partial charge on any atom is -0.480 e. The number of nitrogens with one attached hydrogen (secondary N) is 1. The van der Waals surface area contributed by atoms with Crippen LogP contribution in [0.25, 0.3) is 0 Å². The molecule has 2 saturated carbocycles. The van der Waals surface area contributed by atoms with Crippen LogP contribution < -0.4 is 5.43 Å². The van der Waals surface area contributed by atoms with E-state index in [0.717, 1.165) is 30.7 Å². The molecule has 2 aliphatic rings. The second kappa shape index (κ2) is 6.69. The van der Waals surface area contributed by atoms with E-state index in [2.05, 4.69) is 5.43 Å². The molecule has 2 N–H and O–H groups in total. The van der Waals surface area contributed by atoms with E-state index in [1.165, 1.54) is 0 Å². The molecular formula is C14H20N2O5. The predicted octanol–water partition coefficient (Wildman–Crippen LogP) is 0.489. The Hall–Kier alpha value is -1.92. The maximum Gasteiger partial charge on any atom is 0.329 e. The van der Waals surface area contributed by atoms with Gasteiger partial charge in [0.05, 0.1) is 0 Å². The zero-order chi connectivity index (χ0) is 15.4.